The van der Waals surface area contributed by atoms with Crippen LogP contribution in [0.15, 0.2) is 18.2 Å². The van der Waals surface area contributed by atoms with E-state index in [0.717, 1.165) is 10.6 Å². The van der Waals surface area contributed by atoms with Crippen molar-refractivity contribution in [1.82, 2.24) is 4.31 Å². The van der Waals surface area contributed by atoms with Crippen LogP contribution in [0, 0.1) is 5.82 Å². The molecule has 2 rings (SSSR count). The maximum absolute atomic E-state index is 13.1. The van der Waals surface area contributed by atoms with Crippen LogP contribution in [-0.2, 0) is 14.8 Å². The third-order valence-corrected chi connectivity index (χ3v) is 4.27. The fourth-order valence-corrected chi connectivity index (χ4v) is 2.19. The Balaban J connectivity index is 2.21. The van der Waals surface area contributed by atoms with Crippen LogP contribution < -0.4 is 9.64 Å². The van der Waals surface area contributed by atoms with Crippen LogP contribution in [0.1, 0.15) is 0 Å². The molecule has 110 valence electrons. The van der Waals surface area contributed by atoms with Crippen LogP contribution in [0.3, 0.4) is 0 Å². The average Bonchev–Trinajstić information content (AvgIpc) is 2.36. The van der Waals surface area contributed by atoms with Gasteiger partial charge in [0.1, 0.15) is 18.2 Å². The van der Waals surface area contributed by atoms with Gasteiger partial charge in [-0.3, -0.25) is 4.79 Å². The smallest absolute Gasteiger partial charge is 0.242 e. The largest absolute Gasteiger partial charge is 0.489 e. The summed E-state index contributed by atoms with van der Waals surface area (Å²) in [5, 5.41) is 0. The number of sulfonamides is 1. The number of halogens is 1. The van der Waals surface area contributed by atoms with E-state index in [1.165, 1.54) is 30.1 Å². The van der Waals surface area contributed by atoms with Crippen molar-refractivity contribution in [3.8, 4) is 5.75 Å². The molecule has 1 heterocycles. The lowest BCUT2D eigenvalue weighted by molar-refractivity contribution is -0.118. The SMILES string of the molecule is CN(CC(=O)N1CCOc2cc(F)ccc21)S(C)(=O)=O. The van der Waals surface area contributed by atoms with Gasteiger partial charge in [0.25, 0.3) is 0 Å². The summed E-state index contributed by atoms with van der Waals surface area (Å²) < 4.78 is 42.0. The molecule has 0 spiro atoms. The van der Waals surface area contributed by atoms with Crippen molar-refractivity contribution < 1.29 is 22.3 Å². The highest BCUT2D eigenvalue weighted by atomic mass is 32.2. The molecule has 0 radical (unpaired) electrons. The summed E-state index contributed by atoms with van der Waals surface area (Å²) in [6.45, 7) is 0.273. The van der Waals surface area contributed by atoms with Gasteiger partial charge < -0.3 is 9.64 Å². The second-order valence-electron chi connectivity index (χ2n) is 4.52. The zero-order chi connectivity index (χ0) is 14.9. The molecule has 0 aromatic heterocycles. The van der Waals surface area contributed by atoms with Crippen molar-refractivity contribution in [3.63, 3.8) is 0 Å². The summed E-state index contributed by atoms with van der Waals surface area (Å²) in [5.74, 6) is -0.549. The Bertz CT molecular complexity index is 632. The van der Waals surface area contributed by atoms with Crippen LogP contribution in [0.25, 0.3) is 0 Å². The van der Waals surface area contributed by atoms with E-state index in [-0.39, 0.29) is 24.8 Å². The molecule has 0 bridgehead atoms. The number of fused-ring (bicyclic) bond motifs is 1. The van der Waals surface area contributed by atoms with E-state index in [1.54, 1.807) is 0 Å². The van der Waals surface area contributed by atoms with Gasteiger partial charge in [-0.05, 0) is 12.1 Å². The van der Waals surface area contributed by atoms with Gasteiger partial charge in [-0.1, -0.05) is 0 Å². The van der Waals surface area contributed by atoms with E-state index in [4.69, 9.17) is 4.74 Å². The van der Waals surface area contributed by atoms with E-state index < -0.39 is 15.8 Å². The van der Waals surface area contributed by atoms with Crippen molar-refractivity contribution in [2.45, 2.75) is 0 Å². The molecule has 1 aliphatic heterocycles. The zero-order valence-electron chi connectivity index (χ0n) is 11.2. The van der Waals surface area contributed by atoms with Crippen molar-refractivity contribution >= 4 is 21.6 Å². The van der Waals surface area contributed by atoms with Crippen LogP contribution in [0.4, 0.5) is 10.1 Å². The predicted molar refractivity (Wildman–Crippen MR) is 71.7 cm³/mol. The fraction of sp³-hybridized carbons (Fsp3) is 0.417. The van der Waals surface area contributed by atoms with E-state index >= 15 is 0 Å². The van der Waals surface area contributed by atoms with E-state index in [1.807, 2.05) is 0 Å². The van der Waals surface area contributed by atoms with E-state index in [9.17, 15) is 17.6 Å². The summed E-state index contributed by atoms with van der Waals surface area (Å²) in [6, 6.07) is 3.88. The molecule has 0 saturated carbocycles. The number of ether oxygens (including phenoxy) is 1. The van der Waals surface area contributed by atoms with Crippen molar-refractivity contribution in [3.05, 3.63) is 24.0 Å². The summed E-state index contributed by atoms with van der Waals surface area (Å²) in [4.78, 5) is 13.6. The molecular formula is C12H15FN2O4S. The topological polar surface area (TPSA) is 66.9 Å². The summed E-state index contributed by atoms with van der Waals surface area (Å²) >= 11 is 0. The highest BCUT2D eigenvalue weighted by molar-refractivity contribution is 7.88. The van der Waals surface area contributed by atoms with Gasteiger partial charge in [-0.15, -0.1) is 0 Å². The lowest BCUT2D eigenvalue weighted by atomic mass is 10.2. The van der Waals surface area contributed by atoms with Gasteiger partial charge in [0.05, 0.1) is 25.0 Å². The third-order valence-electron chi connectivity index (χ3n) is 3.01. The van der Waals surface area contributed by atoms with Crippen LogP contribution >= 0.6 is 0 Å². The Hall–Kier alpha value is -1.67. The summed E-state index contributed by atoms with van der Waals surface area (Å²) in [6.07, 6.45) is 1.03. The predicted octanol–water partition coefficient (Wildman–Crippen LogP) is 0.443. The standard InChI is InChI=1S/C12H15FN2O4S/c1-14(20(2,17)18)8-12(16)15-5-6-19-11-7-9(13)3-4-10(11)15/h3-4,7H,5-6,8H2,1-2H3. The molecule has 0 unspecified atom stereocenters. The number of anilines is 1. The first-order valence-electron chi connectivity index (χ1n) is 5.93. The number of amides is 1. The van der Waals surface area contributed by atoms with Crippen molar-refractivity contribution in [2.75, 3.05) is 37.9 Å². The van der Waals surface area contributed by atoms with Crippen molar-refractivity contribution in [1.29, 1.82) is 0 Å². The molecule has 1 aromatic rings. The number of likely N-dealkylation sites (N-methyl/N-ethyl adjacent to an activating group) is 1. The van der Waals surface area contributed by atoms with E-state index in [2.05, 4.69) is 0 Å². The maximum atomic E-state index is 13.1. The molecule has 1 amide bonds. The number of hydrogen-bond donors (Lipinski definition) is 0. The first-order valence-corrected chi connectivity index (χ1v) is 7.78. The van der Waals surface area contributed by atoms with Gasteiger partial charge in [-0.25, -0.2) is 12.8 Å². The van der Waals surface area contributed by atoms with E-state index in [0.29, 0.717) is 12.2 Å². The second-order valence-corrected chi connectivity index (χ2v) is 6.61. The minimum atomic E-state index is -3.43. The van der Waals surface area contributed by atoms with Crippen LogP contribution in [-0.4, -0.2) is 51.6 Å². The number of carbonyl (C=O) groups is 1. The Morgan fingerprint density at radius 2 is 2.20 bits per heavy atom. The molecule has 20 heavy (non-hydrogen) atoms. The van der Waals surface area contributed by atoms with Crippen LogP contribution in [0.5, 0.6) is 5.75 Å². The second kappa shape index (κ2) is 5.37. The van der Waals surface area contributed by atoms with Gasteiger partial charge in [0.2, 0.25) is 15.9 Å². The minimum absolute atomic E-state index is 0.241. The first-order chi connectivity index (χ1) is 9.29. The molecule has 0 atom stereocenters. The minimum Gasteiger partial charge on any atom is -0.489 e. The Morgan fingerprint density at radius 1 is 1.50 bits per heavy atom. The number of rotatable bonds is 3. The summed E-state index contributed by atoms with van der Waals surface area (Å²) in [5.41, 5.74) is 0.449. The molecule has 8 heteroatoms. The zero-order valence-corrected chi connectivity index (χ0v) is 12.0. The lowest BCUT2D eigenvalue weighted by Crippen LogP contribution is -2.44. The number of carbonyl (C=O) groups excluding carboxylic acids is 1. The number of benzene rings is 1. The highest BCUT2D eigenvalue weighted by Gasteiger charge is 2.26. The van der Waals surface area contributed by atoms with Crippen molar-refractivity contribution in [2.24, 2.45) is 0 Å². The Morgan fingerprint density at radius 3 is 2.85 bits per heavy atom. The average molecular weight is 302 g/mol. The number of hydrogen-bond acceptors (Lipinski definition) is 4. The molecule has 1 aromatic carbocycles. The molecule has 0 aliphatic carbocycles. The Labute approximate surface area is 116 Å². The molecule has 0 fully saturated rings. The lowest BCUT2D eigenvalue weighted by Gasteiger charge is -2.30. The first kappa shape index (κ1) is 14.7. The normalized spacial score (nSPS) is 14.9. The highest BCUT2D eigenvalue weighted by Crippen LogP contribution is 2.32. The van der Waals surface area contributed by atoms with Gasteiger partial charge in [0, 0.05) is 13.1 Å². The van der Waals surface area contributed by atoms with Gasteiger partial charge in [0.15, 0.2) is 0 Å². The molecule has 6 nitrogen and oxygen atoms in total. The molecule has 0 N–H and O–H groups in total. The number of nitrogens with zero attached hydrogens (tertiary/aromatic N) is 2. The summed E-state index contributed by atoms with van der Waals surface area (Å²) in [7, 11) is -2.09. The fourth-order valence-electron chi connectivity index (χ4n) is 1.85. The third kappa shape index (κ3) is 3.07. The molecular weight excluding hydrogens is 287 g/mol. The maximum Gasteiger partial charge on any atom is 0.242 e. The van der Waals surface area contributed by atoms with Gasteiger partial charge >= 0.3 is 0 Å². The molecule has 0 saturated heterocycles. The van der Waals surface area contributed by atoms with Crippen LogP contribution in [0.2, 0.25) is 0 Å². The molecule has 1 aliphatic rings. The Kier molecular flexibility index (Phi) is 3.96. The quantitative estimate of drug-likeness (QED) is 0.813. The monoisotopic (exact) mass is 302 g/mol. The van der Waals surface area contributed by atoms with Gasteiger partial charge in [-0.2, -0.15) is 4.31 Å².